The lowest BCUT2D eigenvalue weighted by Gasteiger charge is -2.38. The van der Waals surface area contributed by atoms with Crippen molar-refractivity contribution in [2.45, 2.75) is 57.7 Å². The lowest BCUT2D eigenvalue weighted by Crippen LogP contribution is -2.48. The zero-order valence-electron chi connectivity index (χ0n) is 19.6. The van der Waals surface area contributed by atoms with Gasteiger partial charge in [-0.25, -0.2) is 4.79 Å². The standard InChI is InChI=1S/C21H35N5O.C2HF3O2/c1-2-20(27)26(14-7-6-13-24-21(22)23)19-11-16-25(17-12-19)15-10-18-8-4-3-5-9-18;3-2(4,5)1(6)7/h3-5,8-9,19H,2,6-7,10-17H2,1H3,(H4,22,23,24);(H,6,7). The number of carbonyl (C=O) groups is 2. The van der Waals surface area contributed by atoms with Crippen molar-refractivity contribution in [3.63, 3.8) is 0 Å². The molecule has 34 heavy (non-hydrogen) atoms. The second-order valence-corrected chi connectivity index (χ2v) is 8.07. The van der Waals surface area contributed by atoms with Crippen LogP contribution in [0.5, 0.6) is 0 Å². The number of nitrogens with two attached hydrogens (primary N) is 2. The number of carbonyl (C=O) groups excluding carboxylic acids is 1. The van der Waals surface area contributed by atoms with Crippen LogP contribution >= 0.6 is 0 Å². The van der Waals surface area contributed by atoms with Crippen LogP contribution in [0.3, 0.4) is 0 Å². The van der Waals surface area contributed by atoms with Crippen LogP contribution in [0, 0.1) is 0 Å². The number of nitrogens with zero attached hydrogens (tertiary/aromatic N) is 3. The Morgan fingerprint density at radius 2 is 1.74 bits per heavy atom. The number of hydrogen-bond donors (Lipinski definition) is 3. The maximum Gasteiger partial charge on any atom is 0.490 e. The molecule has 2 rings (SSSR count). The van der Waals surface area contributed by atoms with Gasteiger partial charge < -0.3 is 26.4 Å². The molecule has 8 nitrogen and oxygen atoms in total. The fourth-order valence-electron chi connectivity index (χ4n) is 3.70. The van der Waals surface area contributed by atoms with Gasteiger partial charge in [0.25, 0.3) is 0 Å². The number of likely N-dealkylation sites (tertiary alicyclic amines) is 1. The highest BCUT2D eigenvalue weighted by molar-refractivity contribution is 5.76. The summed E-state index contributed by atoms with van der Waals surface area (Å²) in [5, 5.41) is 7.12. The molecule has 0 unspecified atom stereocenters. The van der Waals surface area contributed by atoms with Crippen molar-refractivity contribution in [2.75, 3.05) is 32.7 Å². The number of unbranched alkanes of at least 4 members (excludes halogenated alkanes) is 1. The molecule has 0 saturated carbocycles. The second kappa shape index (κ2) is 15.2. The van der Waals surface area contributed by atoms with E-state index in [1.54, 1.807) is 0 Å². The Kier molecular flexibility index (Phi) is 13.0. The van der Waals surface area contributed by atoms with Gasteiger partial charge in [0, 0.05) is 45.2 Å². The summed E-state index contributed by atoms with van der Waals surface area (Å²) in [6.07, 6.45) is 0.553. The van der Waals surface area contributed by atoms with Gasteiger partial charge in [0.05, 0.1) is 0 Å². The number of rotatable bonds is 10. The predicted molar refractivity (Wildman–Crippen MR) is 125 cm³/mol. The number of aliphatic imine (C=N–C) groups is 1. The number of guanidine groups is 1. The summed E-state index contributed by atoms with van der Waals surface area (Å²) in [5.74, 6) is -2.36. The van der Waals surface area contributed by atoms with Gasteiger partial charge in [-0.3, -0.25) is 9.79 Å². The molecule has 0 bridgehead atoms. The summed E-state index contributed by atoms with van der Waals surface area (Å²) in [4.78, 5) is 30.0. The van der Waals surface area contributed by atoms with Crippen LogP contribution in [0.15, 0.2) is 35.3 Å². The van der Waals surface area contributed by atoms with Gasteiger partial charge in [-0.05, 0) is 37.7 Å². The molecule has 1 amide bonds. The Morgan fingerprint density at radius 1 is 1.15 bits per heavy atom. The summed E-state index contributed by atoms with van der Waals surface area (Å²) in [7, 11) is 0. The Bertz CT molecular complexity index is 763. The van der Waals surface area contributed by atoms with E-state index in [1.165, 1.54) is 5.56 Å². The van der Waals surface area contributed by atoms with Crippen molar-refractivity contribution in [3.05, 3.63) is 35.9 Å². The Labute approximate surface area is 198 Å². The SMILES string of the molecule is CCC(=O)N(CCCCN=C(N)N)C1CCN(CCc2ccccc2)CC1.O=C(O)C(F)(F)F. The first-order valence-corrected chi connectivity index (χ1v) is 11.5. The molecule has 0 spiro atoms. The molecule has 0 aliphatic carbocycles. The monoisotopic (exact) mass is 487 g/mol. The summed E-state index contributed by atoms with van der Waals surface area (Å²) in [6, 6.07) is 11.0. The minimum Gasteiger partial charge on any atom is -0.475 e. The number of alkyl halides is 3. The summed E-state index contributed by atoms with van der Waals surface area (Å²) in [6.45, 7) is 6.62. The molecule has 5 N–H and O–H groups in total. The van der Waals surface area contributed by atoms with Crippen molar-refractivity contribution in [3.8, 4) is 0 Å². The molecule has 0 aromatic heterocycles. The maximum absolute atomic E-state index is 12.4. The lowest BCUT2D eigenvalue weighted by atomic mass is 10.0. The number of carboxylic acids is 1. The zero-order valence-corrected chi connectivity index (χ0v) is 19.6. The molecule has 1 aromatic rings. The first-order chi connectivity index (χ1) is 16.0. The van der Waals surface area contributed by atoms with Crippen LogP contribution in [0.4, 0.5) is 13.2 Å². The van der Waals surface area contributed by atoms with Crippen LogP contribution < -0.4 is 11.5 Å². The Morgan fingerprint density at radius 3 is 2.24 bits per heavy atom. The van der Waals surface area contributed by atoms with Crippen LogP contribution in [0.1, 0.15) is 44.6 Å². The Hall–Kier alpha value is -2.82. The van der Waals surface area contributed by atoms with Gasteiger partial charge in [0.2, 0.25) is 5.91 Å². The minimum atomic E-state index is -5.08. The predicted octanol–water partition coefficient (Wildman–Crippen LogP) is 2.62. The molecule has 1 aromatic carbocycles. The van der Waals surface area contributed by atoms with E-state index in [0.717, 1.165) is 58.3 Å². The molecule has 1 aliphatic heterocycles. The lowest BCUT2D eigenvalue weighted by molar-refractivity contribution is -0.192. The summed E-state index contributed by atoms with van der Waals surface area (Å²) < 4.78 is 31.7. The van der Waals surface area contributed by atoms with Gasteiger partial charge >= 0.3 is 12.1 Å². The van der Waals surface area contributed by atoms with E-state index in [9.17, 15) is 18.0 Å². The van der Waals surface area contributed by atoms with Gasteiger partial charge in [-0.2, -0.15) is 13.2 Å². The van der Waals surface area contributed by atoms with Crippen molar-refractivity contribution >= 4 is 17.8 Å². The quantitative estimate of drug-likeness (QED) is 0.265. The van der Waals surface area contributed by atoms with Gasteiger partial charge in [-0.1, -0.05) is 37.3 Å². The maximum atomic E-state index is 12.4. The molecule has 192 valence electrons. The molecule has 1 saturated heterocycles. The smallest absolute Gasteiger partial charge is 0.475 e. The van der Waals surface area contributed by atoms with Crippen LogP contribution in [0.2, 0.25) is 0 Å². The number of benzene rings is 1. The van der Waals surface area contributed by atoms with Crippen molar-refractivity contribution in [1.29, 1.82) is 0 Å². The molecule has 0 radical (unpaired) electrons. The molecular formula is C23H36F3N5O3. The number of aliphatic carboxylic acids is 1. The van der Waals surface area contributed by atoms with E-state index in [-0.39, 0.29) is 11.9 Å². The van der Waals surface area contributed by atoms with E-state index in [2.05, 4.69) is 45.1 Å². The highest BCUT2D eigenvalue weighted by atomic mass is 19.4. The number of carboxylic acid groups (broad SMARTS) is 1. The number of hydrogen-bond acceptors (Lipinski definition) is 4. The second-order valence-electron chi connectivity index (χ2n) is 8.07. The van der Waals surface area contributed by atoms with Crippen molar-refractivity contribution in [1.82, 2.24) is 9.80 Å². The van der Waals surface area contributed by atoms with Crippen LogP contribution in [-0.2, 0) is 16.0 Å². The fourth-order valence-corrected chi connectivity index (χ4v) is 3.70. The third kappa shape index (κ3) is 11.9. The normalized spacial score (nSPS) is 14.6. The summed E-state index contributed by atoms with van der Waals surface area (Å²) >= 11 is 0. The number of piperidine rings is 1. The average molecular weight is 488 g/mol. The Balaban J connectivity index is 0.000000718. The van der Waals surface area contributed by atoms with E-state index in [1.807, 2.05) is 6.92 Å². The third-order valence-electron chi connectivity index (χ3n) is 5.52. The number of halogens is 3. The third-order valence-corrected chi connectivity index (χ3v) is 5.52. The van der Waals surface area contributed by atoms with Crippen LogP contribution in [-0.4, -0.2) is 77.7 Å². The fraction of sp³-hybridized carbons (Fsp3) is 0.609. The molecule has 1 fully saturated rings. The average Bonchev–Trinajstić information content (AvgIpc) is 2.80. The van der Waals surface area contributed by atoms with E-state index in [4.69, 9.17) is 21.4 Å². The molecular weight excluding hydrogens is 451 g/mol. The van der Waals surface area contributed by atoms with E-state index >= 15 is 0 Å². The first kappa shape index (κ1) is 29.2. The van der Waals surface area contributed by atoms with Gasteiger partial charge in [0.1, 0.15) is 0 Å². The molecule has 1 heterocycles. The zero-order chi connectivity index (χ0) is 25.6. The highest BCUT2D eigenvalue weighted by Crippen LogP contribution is 2.19. The molecule has 1 aliphatic rings. The van der Waals surface area contributed by atoms with E-state index in [0.29, 0.717) is 19.0 Å². The van der Waals surface area contributed by atoms with Crippen LogP contribution in [0.25, 0.3) is 0 Å². The molecule has 11 heteroatoms. The highest BCUT2D eigenvalue weighted by Gasteiger charge is 2.38. The summed E-state index contributed by atoms with van der Waals surface area (Å²) in [5.41, 5.74) is 12.1. The van der Waals surface area contributed by atoms with Crippen molar-refractivity contribution < 1.29 is 27.9 Å². The van der Waals surface area contributed by atoms with Gasteiger partial charge in [0.15, 0.2) is 5.96 Å². The molecule has 0 atom stereocenters. The minimum absolute atomic E-state index is 0.138. The van der Waals surface area contributed by atoms with Crippen molar-refractivity contribution in [2.24, 2.45) is 16.5 Å². The first-order valence-electron chi connectivity index (χ1n) is 11.5. The van der Waals surface area contributed by atoms with Gasteiger partial charge in [-0.15, -0.1) is 0 Å². The number of amides is 1. The van der Waals surface area contributed by atoms with E-state index < -0.39 is 12.1 Å². The topological polar surface area (TPSA) is 125 Å². The largest absolute Gasteiger partial charge is 0.490 e.